The van der Waals surface area contributed by atoms with Gasteiger partial charge in [0, 0.05) is 23.4 Å². The number of nitrogens with one attached hydrogen (secondary N) is 1. The van der Waals surface area contributed by atoms with Crippen molar-refractivity contribution in [2.75, 3.05) is 0 Å². The van der Waals surface area contributed by atoms with Gasteiger partial charge in [-0.2, -0.15) is 0 Å². The molecule has 2 atom stereocenters. The van der Waals surface area contributed by atoms with Gasteiger partial charge in [-0.1, -0.05) is 13.8 Å². The SMILES string of the molecule is CC(C)CC(C(=O)NC(C)(C)C)[C@H](CCc1cc(F)cc(F)c1)C(N)=O. The number of benzene rings is 1. The third-order valence-electron chi connectivity index (χ3n) is 4.08. The highest BCUT2D eigenvalue weighted by molar-refractivity contribution is 5.87. The van der Waals surface area contributed by atoms with E-state index in [4.69, 9.17) is 5.73 Å². The molecule has 1 aromatic rings. The number of hydrogen-bond acceptors (Lipinski definition) is 2. The molecule has 1 rings (SSSR count). The van der Waals surface area contributed by atoms with Gasteiger partial charge in [-0.3, -0.25) is 9.59 Å². The van der Waals surface area contributed by atoms with Crippen LogP contribution in [0.25, 0.3) is 0 Å². The van der Waals surface area contributed by atoms with Gasteiger partial charge < -0.3 is 11.1 Å². The lowest BCUT2D eigenvalue weighted by molar-refractivity contribution is -0.135. The largest absolute Gasteiger partial charge is 0.369 e. The minimum atomic E-state index is -0.703. The van der Waals surface area contributed by atoms with Crippen LogP contribution in [0, 0.1) is 29.4 Å². The molecule has 146 valence electrons. The monoisotopic (exact) mass is 368 g/mol. The molecule has 0 bridgehead atoms. The van der Waals surface area contributed by atoms with Crippen LogP contribution in [0.5, 0.6) is 0 Å². The molecule has 0 aromatic heterocycles. The summed E-state index contributed by atoms with van der Waals surface area (Å²) >= 11 is 0. The van der Waals surface area contributed by atoms with Crippen LogP contribution in [0.1, 0.15) is 53.0 Å². The summed E-state index contributed by atoms with van der Waals surface area (Å²) in [4.78, 5) is 24.8. The van der Waals surface area contributed by atoms with Gasteiger partial charge in [0.1, 0.15) is 11.6 Å². The summed E-state index contributed by atoms with van der Waals surface area (Å²) < 4.78 is 26.7. The van der Waals surface area contributed by atoms with Crippen molar-refractivity contribution in [3.05, 3.63) is 35.4 Å². The Morgan fingerprint density at radius 3 is 2.04 bits per heavy atom. The highest BCUT2D eigenvalue weighted by Crippen LogP contribution is 2.26. The van der Waals surface area contributed by atoms with Gasteiger partial charge in [0.25, 0.3) is 0 Å². The van der Waals surface area contributed by atoms with Crippen molar-refractivity contribution >= 4 is 11.8 Å². The van der Waals surface area contributed by atoms with Gasteiger partial charge in [-0.05, 0) is 63.6 Å². The molecule has 4 nitrogen and oxygen atoms in total. The van der Waals surface area contributed by atoms with Crippen LogP contribution in [-0.2, 0) is 16.0 Å². The Bertz CT molecular complexity index is 619. The van der Waals surface area contributed by atoms with Gasteiger partial charge in [0.05, 0.1) is 0 Å². The number of hydrogen-bond donors (Lipinski definition) is 2. The van der Waals surface area contributed by atoms with E-state index < -0.39 is 34.9 Å². The Morgan fingerprint density at radius 1 is 1.08 bits per heavy atom. The van der Waals surface area contributed by atoms with Crippen molar-refractivity contribution in [3.63, 3.8) is 0 Å². The average Bonchev–Trinajstić information content (AvgIpc) is 2.42. The lowest BCUT2D eigenvalue weighted by Gasteiger charge is -2.29. The second-order valence-corrected chi connectivity index (χ2v) is 8.30. The number of amides is 2. The molecule has 6 heteroatoms. The normalized spacial score (nSPS) is 14.2. The predicted molar refractivity (Wildman–Crippen MR) is 98.2 cm³/mol. The lowest BCUT2D eigenvalue weighted by atomic mass is 9.80. The Kier molecular flexibility index (Phi) is 7.72. The highest BCUT2D eigenvalue weighted by atomic mass is 19.1. The Balaban J connectivity index is 2.99. The van der Waals surface area contributed by atoms with E-state index in [0.717, 1.165) is 6.07 Å². The molecule has 0 saturated heterocycles. The summed E-state index contributed by atoms with van der Waals surface area (Å²) in [6.07, 6.45) is 1.03. The second kappa shape index (κ2) is 9.10. The first-order chi connectivity index (χ1) is 11.9. The van der Waals surface area contributed by atoms with Gasteiger partial charge in [0.15, 0.2) is 0 Å². The molecule has 0 aliphatic carbocycles. The van der Waals surface area contributed by atoms with E-state index in [2.05, 4.69) is 5.32 Å². The number of nitrogens with two attached hydrogens (primary N) is 1. The summed E-state index contributed by atoms with van der Waals surface area (Å²) in [5, 5.41) is 2.91. The van der Waals surface area contributed by atoms with Crippen LogP contribution in [-0.4, -0.2) is 17.4 Å². The maximum Gasteiger partial charge on any atom is 0.224 e. The molecule has 3 N–H and O–H groups in total. The van der Waals surface area contributed by atoms with Crippen LogP contribution in [0.3, 0.4) is 0 Å². The van der Waals surface area contributed by atoms with Gasteiger partial charge in [-0.25, -0.2) is 8.78 Å². The first-order valence-corrected chi connectivity index (χ1v) is 8.95. The molecule has 0 heterocycles. The fraction of sp³-hybridized carbons (Fsp3) is 0.600. The summed E-state index contributed by atoms with van der Waals surface area (Å²) in [7, 11) is 0. The zero-order valence-corrected chi connectivity index (χ0v) is 16.2. The summed E-state index contributed by atoms with van der Waals surface area (Å²) in [5.74, 6) is -3.22. The molecule has 0 aliphatic heterocycles. The summed E-state index contributed by atoms with van der Waals surface area (Å²) in [5.41, 5.74) is 5.58. The van der Waals surface area contributed by atoms with Crippen molar-refractivity contribution in [2.45, 2.75) is 59.4 Å². The molecule has 0 spiro atoms. The van der Waals surface area contributed by atoms with E-state index in [1.165, 1.54) is 12.1 Å². The first-order valence-electron chi connectivity index (χ1n) is 8.95. The molecular formula is C20H30F2N2O2. The minimum Gasteiger partial charge on any atom is -0.369 e. The van der Waals surface area contributed by atoms with Crippen LogP contribution >= 0.6 is 0 Å². The maximum absolute atomic E-state index is 13.4. The van der Waals surface area contributed by atoms with Gasteiger partial charge in [0.2, 0.25) is 11.8 Å². The van der Waals surface area contributed by atoms with Crippen LogP contribution in [0.15, 0.2) is 18.2 Å². The van der Waals surface area contributed by atoms with E-state index in [-0.39, 0.29) is 24.7 Å². The number of halogens is 2. The van der Waals surface area contributed by atoms with E-state index in [1.54, 1.807) is 0 Å². The Hall–Kier alpha value is -1.98. The maximum atomic E-state index is 13.4. The predicted octanol–water partition coefficient (Wildman–Crippen LogP) is 3.58. The molecule has 2 amide bonds. The van der Waals surface area contributed by atoms with Crippen molar-refractivity contribution in [1.29, 1.82) is 0 Å². The van der Waals surface area contributed by atoms with Crippen LogP contribution < -0.4 is 11.1 Å². The molecule has 26 heavy (non-hydrogen) atoms. The molecule has 0 radical (unpaired) electrons. The number of rotatable bonds is 8. The van der Waals surface area contributed by atoms with Crippen molar-refractivity contribution < 1.29 is 18.4 Å². The standard InChI is InChI=1S/C20H30F2N2O2/c1-12(2)8-17(19(26)24-20(3,4)5)16(18(23)25)7-6-13-9-14(21)11-15(22)10-13/h9-12,16-17H,6-8H2,1-5H3,(H2,23,25)(H,24,26)/t16-,17?/m0/s1. The van der Waals surface area contributed by atoms with Crippen molar-refractivity contribution in [3.8, 4) is 0 Å². The first kappa shape index (κ1) is 22.1. The fourth-order valence-corrected chi connectivity index (χ4v) is 3.04. The number of carbonyl (C=O) groups is 2. The van der Waals surface area contributed by atoms with Crippen LogP contribution in [0.2, 0.25) is 0 Å². The summed E-state index contributed by atoms with van der Waals surface area (Å²) in [6.45, 7) is 9.54. The van der Waals surface area contributed by atoms with E-state index in [9.17, 15) is 18.4 Å². The molecule has 0 saturated carbocycles. The highest BCUT2D eigenvalue weighted by Gasteiger charge is 2.34. The van der Waals surface area contributed by atoms with E-state index >= 15 is 0 Å². The molecular weight excluding hydrogens is 338 g/mol. The van der Waals surface area contributed by atoms with E-state index in [1.807, 2.05) is 34.6 Å². The summed E-state index contributed by atoms with van der Waals surface area (Å²) in [6, 6.07) is 3.26. The lowest BCUT2D eigenvalue weighted by Crippen LogP contribution is -2.48. The second-order valence-electron chi connectivity index (χ2n) is 8.30. The number of primary amides is 1. The van der Waals surface area contributed by atoms with Crippen molar-refractivity contribution in [2.24, 2.45) is 23.5 Å². The van der Waals surface area contributed by atoms with Gasteiger partial charge >= 0.3 is 0 Å². The zero-order valence-electron chi connectivity index (χ0n) is 16.2. The number of carbonyl (C=O) groups excluding carboxylic acids is 2. The smallest absolute Gasteiger partial charge is 0.224 e. The van der Waals surface area contributed by atoms with Crippen molar-refractivity contribution in [1.82, 2.24) is 5.32 Å². The van der Waals surface area contributed by atoms with Crippen LogP contribution in [0.4, 0.5) is 8.78 Å². The quantitative estimate of drug-likeness (QED) is 0.736. The van der Waals surface area contributed by atoms with Gasteiger partial charge in [-0.15, -0.1) is 0 Å². The van der Waals surface area contributed by atoms with E-state index in [0.29, 0.717) is 12.0 Å². The zero-order chi connectivity index (χ0) is 20.1. The minimum absolute atomic E-state index is 0.194. The average molecular weight is 368 g/mol. The topological polar surface area (TPSA) is 72.2 Å². The number of aryl methyl sites for hydroxylation is 1. The molecule has 1 aromatic carbocycles. The fourth-order valence-electron chi connectivity index (χ4n) is 3.04. The molecule has 0 aliphatic rings. The third kappa shape index (κ3) is 7.50. The Labute approximate surface area is 154 Å². The molecule has 1 unspecified atom stereocenters. The Morgan fingerprint density at radius 2 is 1.62 bits per heavy atom. The third-order valence-corrected chi connectivity index (χ3v) is 4.08. The molecule has 0 fully saturated rings.